The van der Waals surface area contributed by atoms with Crippen LogP contribution in [0.1, 0.15) is 71.5 Å². The largest absolute Gasteiger partial charge is 0.464 e. The van der Waals surface area contributed by atoms with Gasteiger partial charge in [-0.05, 0) is 56.3 Å². The first-order chi connectivity index (χ1) is 15.9. The van der Waals surface area contributed by atoms with E-state index in [0.29, 0.717) is 28.9 Å². The summed E-state index contributed by atoms with van der Waals surface area (Å²) < 4.78 is 5.65. The topological polar surface area (TPSA) is 90.9 Å². The van der Waals surface area contributed by atoms with Crippen molar-refractivity contribution in [1.29, 1.82) is 0 Å². The predicted molar refractivity (Wildman–Crippen MR) is 134 cm³/mol. The molecule has 0 saturated heterocycles. The van der Waals surface area contributed by atoms with Crippen LogP contribution in [0.2, 0.25) is 0 Å². The lowest BCUT2D eigenvalue weighted by molar-refractivity contribution is -0.00985. The molecule has 7 nitrogen and oxygen atoms in total. The van der Waals surface area contributed by atoms with Crippen molar-refractivity contribution in [2.45, 2.75) is 67.2 Å². The highest BCUT2D eigenvalue weighted by Gasteiger charge is 2.35. The Labute approximate surface area is 203 Å². The Kier molecular flexibility index (Phi) is 7.73. The van der Waals surface area contributed by atoms with Crippen LogP contribution in [-0.4, -0.2) is 48.2 Å². The molecule has 1 unspecified atom stereocenters. The predicted octanol–water partition coefficient (Wildman–Crippen LogP) is 2.77. The molecule has 0 spiro atoms. The van der Waals surface area contributed by atoms with Gasteiger partial charge in [0.15, 0.2) is 0 Å². The van der Waals surface area contributed by atoms with E-state index in [4.69, 9.17) is 4.74 Å². The first-order valence-electron chi connectivity index (χ1n) is 11.7. The summed E-state index contributed by atoms with van der Waals surface area (Å²) in [5.74, 6) is -0.213. The van der Waals surface area contributed by atoms with Gasteiger partial charge >= 0.3 is 0 Å². The van der Waals surface area contributed by atoms with Gasteiger partial charge in [-0.25, -0.2) is 5.01 Å². The highest BCUT2D eigenvalue weighted by molar-refractivity contribution is 6.52. The minimum atomic E-state index is -1.03. The summed E-state index contributed by atoms with van der Waals surface area (Å²) in [6, 6.07) is 8.94. The summed E-state index contributed by atoms with van der Waals surface area (Å²) in [5, 5.41) is 14.5. The molecule has 2 aromatic carbocycles. The van der Waals surface area contributed by atoms with Gasteiger partial charge in [0, 0.05) is 23.2 Å². The number of aliphatic hydroxyl groups excluding tert-OH is 1. The molecule has 1 aliphatic heterocycles. The van der Waals surface area contributed by atoms with Crippen LogP contribution in [0, 0.1) is 26.2 Å². The van der Waals surface area contributed by atoms with Gasteiger partial charge in [0.1, 0.15) is 5.75 Å². The fourth-order valence-electron chi connectivity index (χ4n) is 4.54. The molecule has 3 rings (SSSR count). The third-order valence-corrected chi connectivity index (χ3v) is 6.09. The number of hydrazine groups is 1. The Balaban J connectivity index is 2.00. The van der Waals surface area contributed by atoms with E-state index in [1.807, 2.05) is 39.0 Å². The maximum atomic E-state index is 13.7. The number of amides is 2. The van der Waals surface area contributed by atoms with Crippen LogP contribution in [0.25, 0.3) is 0 Å². The third-order valence-electron chi connectivity index (χ3n) is 6.09. The molecule has 2 aromatic rings. The molecule has 0 fully saturated rings. The Hall–Kier alpha value is -2.84. The number of carbonyl (C=O) groups excluding carboxylic acids is 2. The molecule has 2 amide bonds. The van der Waals surface area contributed by atoms with E-state index in [1.165, 1.54) is 5.01 Å². The minimum absolute atomic E-state index is 0.235. The molecule has 34 heavy (non-hydrogen) atoms. The molecule has 8 heteroatoms. The molecule has 1 aliphatic rings. The Morgan fingerprint density at radius 3 is 2.44 bits per heavy atom. The van der Waals surface area contributed by atoms with Crippen molar-refractivity contribution >= 4 is 24.7 Å². The molecule has 0 aliphatic carbocycles. The van der Waals surface area contributed by atoms with Crippen molar-refractivity contribution in [2.24, 2.45) is 5.41 Å². The van der Waals surface area contributed by atoms with E-state index >= 15 is 0 Å². The van der Waals surface area contributed by atoms with Crippen molar-refractivity contribution in [1.82, 2.24) is 15.7 Å². The fraction of sp³-hybridized carbons (Fsp3) is 0.462. The average molecular weight is 464 g/mol. The number of hydrogen-bond donors (Lipinski definition) is 3. The second kappa shape index (κ2) is 10.2. The summed E-state index contributed by atoms with van der Waals surface area (Å²) in [4.78, 5) is 27.2. The van der Waals surface area contributed by atoms with Crippen LogP contribution in [0.15, 0.2) is 30.3 Å². The maximum Gasteiger partial charge on any atom is 0.272 e. The smallest absolute Gasteiger partial charge is 0.272 e. The van der Waals surface area contributed by atoms with Crippen LogP contribution in [0.3, 0.4) is 0 Å². The van der Waals surface area contributed by atoms with Crippen molar-refractivity contribution in [3.8, 4) is 5.75 Å². The number of aryl methyl sites for hydroxylation is 2. The molecule has 3 N–H and O–H groups in total. The van der Waals surface area contributed by atoms with Crippen LogP contribution in [0.5, 0.6) is 5.75 Å². The van der Waals surface area contributed by atoms with Gasteiger partial charge in [0.25, 0.3) is 11.8 Å². The highest BCUT2D eigenvalue weighted by atomic mass is 16.6. The number of nitrogens with one attached hydrogen (secondary N) is 2. The number of fused-ring (bicyclic) bond motifs is 1. The summed E-state index contributed by atoms with van der Waals surface area (Å²) in [5.41, 5.74) is 6.86. The zero-order valence-corrected chi connectivity index (χ0v) is 21.2. The molecule has 181 valence electrons. The number of carbonyl (C=O) groups is 2. The Bertz CT molecular complexity index is 1060. The molecule has 0 aromatic heterocycles. The normalized spacial score (nSPS) is 16.4. The number of aliphatic hydroxyl groups is 1. The number of hydrogen-bond acceptors (Lipinski definition) is 5. The number of nitrogens with zero attached hydrogens (tertiary/aromatic N) is 1. The van der Waals surface area contributed by atoms with E-state index in [-0.39, 0.29) is 23.9 Å². The van der Waals surface area contributed by atoms with E-state index in [0.717, 1.165) is 16.6 Å². The van der Waals surface area contributed by atoms with Gasteiger partial charge < -0.3 is 15.1 Å². The van der Waals surface area contributed by atoms with Crippen molar-refractivity contribution in [3.05, 3.63) is 58.1 Å². The van der Waals surface area contributed by atoms with Crippen LogP contribution in [0.4, 0.5) is 0 Å². The average Bonchev–Trinajstić information content (AvgIpc) is 2.93. The molecule has 0 saturated carbocycles. The zero-order chi connectivity index (χ0) is 25.2. The number of ether oxygens (including phenoxy) is 1. The summed E-state index contributed by atoms with van der Waals surface area (Å²) >= 11 is 0. The Morgan fingerprint density at radius 1 is 1.21 bits per heavy atom. The van der Waals surface area contributed by atoms with Gasteiger partial charge in [0.05, 0.1) is 6.04 Å². The SMILES string of the molecule is CCC(N(NC(=O)c1ccc2c(c1C)O[C@@H](O)CN[B]2)C(=O)c1cc(C)cc(C)c1)C(C)(C)C. The monoisotopic (exact) mass is 464 g/mol. The molecule has 1 radical (unpaired) electrons. The summed E-state index contributed by atoms with van der Waals surface area (Å²) in [6.45, 7) is 14.1. The van der Waals surface area contributed by atoms with Crippen molar-refractivity contribution in [3.63, 3.8) is 0 Å². The van der Waals surface area contributed by atoms with Crippen LogP contribution >= 0.6 is 0 Å². The van der Waals surface area contributed by atoms with E-state index in [2.05, 4.69) is 31.4 Å². The second-order valence-corrected chi connectivity index (χ2v) is 10.1. The van der Waals surface area contributed by atoms with Gasteiger partial charge in [-0.3, -0.25) is 15.0 Å². The molecular formula is C26H35BN3O4. The van der Waals surface area contributed by atoms with E-state index in [1.54, 1.807) is 26.5 Å². The first-order valence-corrected chi connectivity index (χ1v) is 11.7. The van der Waals surface area contributed by atoms with Gasteiger partial charge in [-0.2, -0.15) is 0 Å². The lowest BCUT2D eigenvalue weighted by atomic mass is 9.80. The third kappa shape index (κ3) is 5.62. The maximum absolute atomic E-state index is 13.7. The second-order valence-electron chi connectivity index (χ2n) is 10.1. The molecular weight excluding hydrogens is 429 g/mol. The lowest BCUT2D eigenvalue weighted by Crippen LogP contribution is -2.56. The van der Waals surface area contributed by atoms with Gasteiger partial charge in [0.2, 0.25) is 13.7 Å². The van der Waals surface area contributed by atoms with Crippen LogP contribution < -0.4 is 20.9 Å². The number of benzene rings is 2. The van der Waals surface area contributed by atoms with Gasteiger partial charge in [-0.15, -0.1) is 0 Å². The van der Waals surface area contributed by atoms with Crippen molar-refractivity contribution < 1.29 is 19.4 Å². The first kappa shape index (κ1) is 25.8. The van der Waals surface area contributed by atoms with Crippen LogP contribution in [-0.2, 0) is 0 Å². The minimum Gasteiger partial charge on any atom is -0.464 e. The standard InChI is InChI=1S/C26H35BN3O4/c1-8-21(26(5,6)7)30(25(33)18-12-15(2)11-16(3)13-18)29-24(32)19-9-10-20-23(17(19)4)34-22(31)14-28-27-20/h9-13,21-22,28,31H,8,14H2,1-7H3,(H,29,32)/t21?,22-/m1/s1. The molecule has 2 atom stereocenters. The number of rotatable bonds is 4. The fourth-order valence-corrected chi connectivity index (χ4v) is 4.54. The van der Waals surface area contributed by atoms with E-state index < -0.39 is 12.2 Å². The van der Waals surface area contributed by atoms with E-state index in [9.17, 15) is 14.7 Å². The zero-order valence-electron chi connectivity index (χ0n) is 21.2. The molecule has 1 heterocycles. The Morgan fingerprint density at radius 2 is 1.85 bits per heavy atom. The van der Waals surface area contributed by atoms with Crippen molar-refractivity contribution in [2.75, 3.05) is 6.54 Å². The van der Waals surface area contributed by atoms with Gasteiger partial charge in [-0.1, -0.05) is 51.0 Å². The summed E-state index contributed by atoms with van der Waals surface area (Å²) in [6.07, 6.45) is -0.359. The summed E-state index contributed by atoms with van der Waals surface area (Å²) in [7, 11) is 1.75. The number of β-amino-alcohol motifs (C(OH)–C–C–N with tert-alkyl or cyclic N) is 1. The lowest BCUT2D eigenvalue weighted by Gasteiger charge is -2.39. The highest BCUT2D eigenvalue weighted by Crippen LogP contribution is 2.28. The quantitative estimate of drug-likeness (QED) is 0.478. The molecule has 0 bridgehead atoms.